The van der Waals surface area contributed by atoms with Crippen LogP contribution >= 0.6 is 0 Å². The van der Waals surface area contributed by atoms with Crippen molar-refractivity contribution in [3.05, 3.63) is 95.1 Å². The van der Waals surface area contributed by atoms with Gasteiger partial charge in [-0.25, -0.2) is 19.3 Å². The highest BCUT2D eigenvalue weighted by Gasteiger charge is 2.49. The van der Waals surface area contributed by atoms with Gasteiger partial charge in [0.05, 0.1) is 67.8 Å². The summed E-state index contributed by atoms with van der Waals surface area (Å²) < 4.78 is 48.6. The van der Waals surface area contributed by atoms with Crippen LogP contribution < -0.4 is 45.9 Å². The molecule has 0 saturated carbocycles. The molecule has 0 bridgehead atoms. The van der Waals surface area contributed by atoms with E-state index in [1.165, 1.54) is 53.0 Å². The molecular formula is C63H87N9O22Si. The van der Waals surface area contributed by atoms with E-state index in [1.807, 2.05) is 0 Å². The van der Waals surface area contributed by atoms with Gasteiger partial charge in [0.15, 0.2) is 32.1 Å². The molecule has 0 spiro atoms. The molecule has 5 heterocycles. The van der Waals surface area contributed by atoms with Crippen LogP contribution in [0.4, 0.5) is 26.7 Å². The molecule has 1 unspecified atom stereocenters. The lowest BCUT2D eigenvalue weighted by Gasteiger charge is -2.38. The SMILES string of the molecule is C=C1C[C@H]2C(O)N(C(=O)OCc3ccc(O[C@@H]4O[C@H](C(=O)O)[C@@H](O)[C@H](O)[C@H]4O)c(C(=O)NCCOCCONC(=O)OC(C)(C)C)c3)c3cc(OCCCC(=O)Nc4cc(C(=O)Nc5cc(C(=O)NCCCO[Si](C)(C)C(C)(C)C)n(C)c5)n(C)c4)c(OC)cc3C(=O)N2C1. The molecule has 4 aromatic rings. The average molecular weight is 1350 g/mol. The minimum Gasteiger partial charge on any atom is -0.493 e. The number of benzene rings is 2. The highest BCUT2D eigenvalue weighted by atomic mass is 28.4. The lowest BCUT2D eigenvalue weighted by Crippen LogP contribution is -2.61. The normalized spacial score (nSPS) is 19.6. The standard InChI is InChI=1S/C63H87N9O22Si/c1-35-25-44-57(81)72(61(85)89-34-36-16-17-45(92-59-51(76)49(74)50(75)52(93-59)58(82)83)40(26-36)53(77)65-19-22-87-23-24-90-68-60(84)94-62(2,3)4)41-30-47(46(86-10)29-39(41)56(80)71(44)31-35)88-20-13-15-48(73)66-37-27-43(70(9)32-37)55(79)67-38-28-42(69(8)33-38)54(78)64-18-14-21-91-95(11,12)63(5,6)7/h16-17,26-30,32-33,44,49-52,57,59,74-76,81H,1,13-15,18-25,31,34H2,2-12H3,(H,64,78)(H,65,77)(H,66,73)(H,67,79)(H,68,84)(H,82,83)/t44-,49-,50-,51+,52-,57?,59+/m0/s1. The number of anilines is 3. The monoisotopic (exact) mass is 1350 g/mol. The summed E-state index contributed by atoms with van der Waals surface area (Å²) >= 11 is 0. The molecule has 2 fully saturated rings. The van der Waals surface area contributed by atoms with Crippen molar-refractivity contribution in [2.75, 3.05) is 75.3 Å². The van der Waals surface area contributed by atoms with E-state index in [1.54, 1.807) is 57.9 Å². The molecule has 0 radical (unpaired) electrons. The van der Waals surface area contributed by atoms with Gasteiger partial charge in [-0.15, -0.1) is 0 Å². The van der Waals surface area contributed by atoms with Crippen molar-refractivity contribution < 1.29 is 106 Å². The first-order chi connectivity index (χ1) is 44.7. The fraction of sp³-hybridized carbons (Fsp3) is 0.524. The zero-order valence-electron chi connectivity index (χ0n) is 55.1. The van der Waals surface area contributed by atoms with Gasteiger partial charge in [-0.1, -0.05) is 39.0 Å². The number of carbonyl (C=O) groups excluding carboxylic acids is 7. The van der Waals surface area contributed by atoms with Gasteiger partial charge in [0.2, 0.25) is 12.2 Å². The highest BCUT2D eigenvalue weighted by molar-refractivity contribution is 6.74. The Morgan fingerprint density at radius 3 is 2.09 bits per heavy atom. The number of amides is 7. The molecule has 0 aliphatic carbocycles. The first-order valence-corrected chi connectivity index (χ1v) is 33.6. The second kappa shape index (κ2) is 31.8. The second-order valence-corrected chi connectivity index (χ2v) is 30.2. The molecule has 2 aromatic heterocycles. The smallest absolute Gasteiger partial charge is 0.431 e. The molecule has 10 N–H and O–H groups in total. The van der Waals surface area contributed by atoms with E-state index < -0.39 is 105 Å². The largest absolute Gasteiger partial charge is 0.493 e. The fourth-order valence-electron chi connectivity index (χ4n) is 10.0. The Labute approximate surface area is 549 Å². The molecule has 95 heavy (non-hydrogen) atoms. The number of fused-ring (bicyclic) bond motifs is 2. The summed E-state index contributed by atoms with van der Waals surface area (Å²) in [6.45, 7) is 19.9. The molecule has 31 nitrogen and oxygen atoms in total. The predicted molar refractivity (Wildman–Crippen MR) is 342 cm³/mol. The quantitative estimate of drug-likeness (QED) is 0.0164. The van der Waals surface area contributed by atoms with Crippen LogP contribution in [-0.4, -0.2) is 204 Å². The fourth-order valence-corrected chi connectivity index (χ4v) is 11.1. The topological polar surface area (TPSA) is 397 Å². The predicted octanol–water partition coefficient (Wildman–Crippen LogP) is 4.28. The lowest BCUT2D eigenvalue weighted by molar-refractivity contribution is -0.271. The lowest BCUT2D eigenvalue weighted by atomic mass is 9.99. The molecule has 3 aliphatic heterocycles. The molecule has 7 rings (SSSR count). The number of carboxylic acids is 1. The van der Waals surface area contributed by atoms with Gasteiger partial charge in [0.1, 0.15) is 47.7 Å². The molecular weight excluding hydrogens is 1260 g/mol. The maximum Gasteiger partial charge on any atom is 0.431 e. The van der Waals surface area contributed by atoms with Crippen LogP contribution in [0.15, 0.2) is 67.0 Å². The van der Waals surface area contributed by atoms with Crippen LogP contribution in [0.3, 0.4) is 0 Å². The zero-order valence-corrected chi connectivity index (χ0v) is 56.1. The van der Waals surface area contributed by atoms with E-state index in [4.69, 9.17) is 42.4 Å². The Bertz CT molecular complexity index is 3470. The number of carbonyl (C=O) groups is 8. The van der Waals surface area contributed by atoms with E-state index in [0.29, 0.717) is 42.2 Å². The van der Waals surface area contributed by atoms with E-state index in [2.05, 4.69) is 67.2 Å². The third kappa shape index (κ3) is 19.1. The molecule has 520 valence electrons. The second-order valence-electron chi connectivity index (χ2n) is 25.4. The first kappa shape index (κ1) is 73.8. The van der Waals surface area contributed by atoms with Crippen LogP contribution in [0.1, 0.15) is 114 Å². The number of nitrogens with one attached hydrogen (secondary N) is 5. The number of ether oxygens (including phenoxy) is 7. The highest BCUT2D eigenvalue weighted by Crippen LogP contribution is 2.43. The average Bonchev–Trinajstić information content (AvgIpc) is 1.65. The number of aliphatic carboxylic acids is 1. The Morgan fingerprint density at radius 2 is 1.43 bits per heavy atom. The number of carboxylic acid groups (broad SMARTS) is 1. The van der Waals surface area contributed by atoms with Crippen LogP contribution in [0.25, 0.3) is 0 Å². The van der Waals surface area contributed by atoms with Crippen LogP contribution in [0.5, 0.6) is 17.2 Å². The molecule has 2 aromatic carbocycles. The Hall–Kier alpha value is -8.60. The van der Waals surface area contributed by atoms with Crippen molar-refractivity contribution >= 4 is 73.1 Å². The number of methoxy groups -OCH3 is 1. The first-order valence-electron chi connectivity index (χ1n) is 30.7. The summed E-state index contributed by atoms with van der Waals surface area (Å²) in [5.41, 5.74) is 2.87. The zero-order chi connectivity index (χ0) is 69.9. The Morgan fingerprint density at radius 1 is 0.758 bits per heavy atom. The van der Waals surface area contributed by atoms with Crippen molar-refractivity contribution in [2.45, 2.75) is 141 Å². The minimum atomic E-state index is -2.05. The van der Waals surface area contributed by atoms with Gasteiger partial charge in [-0.2, -0.15) is 5.48 Å². The van der Waals surface area contributed by atoms with Gasteiger partial charge in [0.25, 0.3) is 23.6 Å². The van der Waals surface area contributed by atoms with Crippen molar-refractivity contribution in [3.63, 3.8) is 0 Å². The molecule has 7 amide bonds. The van der Waals surface area contributed by atoms with Gasteiger partial charge in [-0.05, 0) is 94.1 Å². The summed E-state index contributed by atoms with van der Waals surface area (Å²) in [5, 5.41) is 64.4. The number of rotatable bonds is 28. The van der Waals surface area contributed by atoms with Crippen LogP contribution in [0, 0.1) is 0 Å². The summed E-state index contributed by atoms with van der Waals surface area (Å²) in [5.74, 6) is -4.54. The van der Waals surface area contributed by atoms with Crippen molar-refractivity contribution in [2.24, 2.45) is 14.1 Å². The third-order valence-corrected chi connectivity index (χ3v) is 20.5. The number of aromatic nitrogens is 2. The molecule has 2 saturated heterocycles. The van der Waals surface area contributed by atoms with Gasteiger partial charge in [-0.3, -0.25) is 28.8 Å². The number of hydroxylamine groups is 1. The number of aliphatic hydroxyl groups is 4. The van der Waals surface area contributed by atoms with Crippen molar-refractivity contribution in [1.29, 1.82) is 0 Å². The van der Waals surface area contributed by atoms with E-state index in [0.717, 1.165) is 4.90 Å². The number of nitrogens with zero attached hydrogens (tertiary/aromatic N) is 4. The third-order valence-electron chi connectivity index (χ3n) is 16.0. The summed E-state index contributed by atoms with van der Waals surface area (Å²) in [7, 11) is 2.75. The summed E-state index contributed by atoms with van der Waals surface area (Å²) in [4.78, 5) is 114. The van der Waals surface area contributed by atoms with Crippen molar-refractivity contribution in [1.82, 2.24) is 30.1 Å². The molecule has 3 aliphatic rings. The Kier molecular flexibility index (Phi) is 24.7. The maximum atomic E-state index is 14.5. The van der Waals surface area contributed by atoms with E-state index >= 15 is 0 Å². The van der Waals surface area contributed by atoms with Gasteiger partial charge >= 0.3 is 18.2 Å². The maximum absolute atomic E-state index is 14.5. The molecule has 7 atom stereocenters. The summed E-state index contributed by atoms with van der Waals surface area (Å²) in [6, 6.07) is 8.54. The number of hydrogen-bond donors (Lipinski definition) is 10. The molecule has 32 heteroatoms. The number of hydrogen-bond acceptors (Lipinski definition) is 21. The summed E-state index contributed by atoms with van der Waals surface area (Å²) in [6.07, 6.45) is -9.76. The van der Waals surface area contributed by atoms with Gasteiger partial charge in [0, 0.05) is 65.2 Å². The van der Waals surface area contributed by atoms with Crippen LogP contribution in [-0.2, 0) is 58.5 Å². The number of aliphatic hydroxyl groups excluding tert-OH is 4. The number of aryl methyl sites for hydroxylation is 2. The minimum absolute atomic E-state index is 0.0207. The van der Waals surface area contributed by atoms with Crippen LogP contribution in [0.2, 0.25) is 18.1 Å². The van der Waals surface area contributed by atoms with E-state index in [9.17, 15) is 63.9 Å². The van der Waals surface area contributed by atoms with E-state index in [-0.39, 0.29) is 115 Å². The van der Waals surface area contributed by atoms with Gasteiger partial charge < -0.3 is 98.4 Å². The van der Waals surface area contributed by atoms with Crippen molar-refractivity contribution in [3.8, 4) is 17.2 Å². The Balaban J connectivity index is 0.990.